The van der Waals surface area contributed by atoms with E-state index < -0.39 is 11.9 Å². The highest BCUT2D eigenvalue weighted by atomic mass is 32.1. The number of hydrogen-bond donors (Lipinski definition) is 1. The second-order valence-corrected chi connectivity index (χ2v) is 4.82. The Kier molecular flexibility index (Phi) is 3.88. The van der Waals surface area contributed by atoms with Gasteiger partial charge >= 0.3 is 5.97 Å². The molecular weight excluding hydrogens is 252 g/mol. The fourth-order valence-electron chi connectivity index (χ4n) is 1.46. The molecule has 0 aliphatic carbocycles. The van der Waals surface area contributed by atoms with Crippen LogP contribution in [0.5, 0.6) is 0 Å². The van der Waals surface area contributed by atoms with Gasteiger partial charge in [-0.15, -0.1) is 11.3 Å². The summed E-state index contributed by atoms with van der Waals surface area (Å²) in [5.74, 6) is -1.09. The van der Waals surface area contributed by atoms with Crippen molar-refractivity contribution in [1.29, 1.82) is 0 Å². The number of benzene rings is 1. The first-order valence-corrected chi connectivity index (χ1v) is 6.25. The molecule has 18 heavy (non-hydrogen) atoms. The molecule has 0 bridgehead atoms. The van der Waals surface area contributed by atoms with E-state index >= 15 is 0 Å². The largest absolute Gasteiger partial charge is 0.456 e. The van der Waals surface area contributed by atoms with E-state index in [9.17, 15) is 9.59 Å². The van der Waals surface area contributed by atoms with Crippen molar-refractivity contribution in [1.82, 2.24) is 4.98 Å². The fourth-order valence-corrected chi connectivity index (χ4v) is 2.43. The van der Waals surface area contributed by atoms with Crippen LogP contribution in [0.1, 0.15) is 11.4 Å². The summed E-state index contributed by atoms with van der Waals surface area (Å²) in [4.78, 5) is 26.1. The lowest BCUT2D eigenvalue weighted by Crippen LogP contribution is -2.20. The number of nitrogens with zero attached hydrogens (tertiary/aromatic N) is 1. The molecule has 6 heteroatoms. The molecule has 1 amide bonds. The molecule has 1 aromatic carbocycles. The molecule has 1 aromatic heterocycles. The second-order valence-electron chi connectivity index (χ2n) is 3.70. The number of para-hydroxylation sites is 1. The van der Waals surface area contributed by atoms with E-state index in [1.807, 2.05) is 24.3 Å². The third kappa shape index (κ3) is 3.27. The van der Waals surface area contributed by atoms with Gasteiger partial charge in [0.1, 0.15) is 0 Å². The second kappa shape index (κ2) is 5.59. The van der Waals surface area contributed by atoms with Crippen molar-refractivity contribution in [2.75, 3.05) is 6.61 Å². The normalized spacial score (nSPS) is 10.4. The zero-order valence-corrected chi connectivity index (χ0v) is 10.4. The minimum atomic E-state index is -0.650. The van der Waals surface area contributed by atoms with Gasteiger partial charge in [0, 0.05) is 6.42 Å². The number of amides is 1. The van der Waals surface area contributed by atoms with Crippen LogP contribution in [0.25, 0.3) is 10.2 Å². The maximum Gasteiger partial charge on any atom is 0.306 e. The van der Waals surface area contributed by atoms with Gasteiger partial charge in [-0.25, -0.2) is 4.98 Å². The molecule has 1 heterocycles. The van der Waals surface area contributed by atoms with E-state index in [4.69, 9.17) is 5.73 Å². The average molecular weight is 264 g/mol. The number of ether oxygens (including phenoxy) is 1. The molecule has 2 N–H and O–H groups in total. The Labute approximate surface area is 108 Å². The van der Waals surface area contributed by atoms with E-state index in [1.54, 1.807) is 11.3 Å². The molecule has 0 radical (unpaired) electrons. The monoisotopic (exact) mass is 264 g/mol. The van der Waals surface area contributed by atoms with Crippen LogP contribution in [-0.2, 0) is 20.7 Å². The van der Waals surface area contributed by atoms with Gasteiger partial charge in [0.15, 0.2) is 6.61 Å². The van der Waals surface area contributed by atoms with Crippen LogP contribution in [0.15, 0.2) is 24.3 Å². The smallest absolute Gasteiger partial charge is 0.306 e. The zero-order valence-electron chi connectivity index (χ0n) is 9.59. The molecule has 94 valence electrons. The van der Waals surface area contributed by atoms with Crippen LogP contribution in [0, 0.1) is 0 Å². The molecular formula is C12H12N2O3S. The third-order valence-electron chi connectivity index (χ3n) is 2.26. The molecule has 0 aliphatic heterocycles. The highest BCUT2D eigenvalue weighted by Gasteiger charge is 2.08. The van der Waals surface area contributed by atoms with Crippen molar-refractivity contribution >= 4 is 33.4 Å². The first-order chi connectivity index (χ1) is 8.65. The Morgan fingerprint density at radius 2 is 2.11 bits per heavy atom. The van der Waals surface area contributed by atoms with Gasteiger partial charge in [-0.1, -0.05) is 12.1 Å². The standard InChI is InChI=1S/C12H12N2O3S/c13-10(15)7-17-12(16)6-5-11-14-8-3-1-2-4-9(8)18-11/h1-4H,5-7H2,(H2,13,15). The maximum absolute atomic E-state index is 11.3. The zero-order chi connectivity index (χ0) is 13.0. The van der Waals surface area contributed by atoms with E-state index in [0.717, 1.165) is 15.2 Å². The Balaban J connectivity index is 1.90. The summed E-state index contributed by atoms with van der Waals surface area (Å²) in [6.45, 7) is -0.362. The highest BCUT2D eigenvalue weighted by Crippen LogP contribution is 2.22. The first-order valence-electron chi connectivity index (χ1n) is 5.43. The lowest BCUT2D eigenvalue weighted by Gasteiger charge is -2.00. The number of thiazole rings is 1. The van der Waals surface area contributed by atoms with Gasteiger partial charge in [0.25, 0.3) is 5.91 Å². The number of primary amides is 1. The lowest BCUT2D eigenvalue weighted by atomic mass is 10.3. The minimum absolute atomic E-state index is 0.201. The number of carbonyl (C=O) groups excluding carboxylic acids is 2. The molecule has 2 rings (SSSR count). The first kappa shape index (κ1) is 12.5. The minimum Gasteiger partial charge on any atom is -0.456 e. The molecule has 2 aromatic rings. The summed E-state index contributed by atoms with van der Waals surface area (Å²) in [6, 6.07) is 7.79. The predicted molar refractivity (Wildman–Crippen MR) is 68.1 cm³/mol. The average Bonchev–Trinajstić information content (AvgIpc) is 2.76. The van der Waals surface area contributed by atoms with Crippen molar-refractivity contribution < 1.29 is 14.3 Å². The quantitative estimate of drug-likeness (QED) is 0.824. The summed E-state index contributed by atoms with van der Waals surface area (Å²) in [7, 11) is 0. The number of nitrogens with two attached hydrogens (primary N) is 1. The van der Waals surface area contributed by atoms with E-state index in [1.165, 1.54) is 0 Å². The van der Waals surface area contributed by atoms with E-state index in [2.05, 4.69) is 9.72 Å². The molecule has 0 unspecified atom stereocenters. The summed E-state index contributed by atoms with van der Waals surface area (Å²) in [6.07, 6.45) is 0.712. The molecule has 0 fully saturated rings. The summed E-state index contributed by atoms with van der Waals surface area (Å²) >= 11 is 1.55. The Morgan fingerprint density at radius 1 is 1.33 bits per heavy atom. The molecule has 0 aliphatic rings. The van der Waals surface area contributed by atoms with Crippen molar-refractivity contribution in [2.45, 2.75) is 12.8 Å². The topological polar surface area (TPSA) is 82.3 Å². The molecule has 5 nitrogen and oxygen atoms in total. The van der Waals surface area contributed by atoms with Crippen molar-refractivity contribution in [3.8, 4) is 0 Å². The summed E-state index contributed by atoms with van der Waals surface area (Å²) < 4.78 is 5.76. The number of aryl methyl sites for hydroxylation is 1. The maximum atomic E-state index is 11.3. The summed E-state index contributed by atoms with van der Waals surface area (Å²) in [5.41, 5.74) is 5.81. The number of rotatable bonds is 5. The van der Waals surface area contributed by atoms with Gasteiger partial charge in [0.05, 0.1) is 21.6 Å². The fraction of sp³-hybridized carbons (Fsp3) is 0.250. The van der Waals surface area contributed by atoms with Gasteiger partial charge in [-0.05, 0) is 12.1 Å². The van der Waals surface area contributed by atoms with Crippen LogP contribution in [0.3, 0.4) is 0 Å². The molecule has 0 atom stereocenters. The number of carbonyl (C=O) groups is 2. The van der Waals surface area contributed by atoms with Gasteiger partial charge < -0.3 is 10.5 Å². The van der Waals surface area contributed by atoms with Crippen LogP contribution in [0.2, 0.25) is 0 Å². The third-order valence-corrected chi connectivity index (χ3v) is 3.35. The SMILES string of the molecule is NC(=O)COC(=O)CCc1nc2ccccc2s1. The van der Waals surface area contributed by atoms with Gasteiger partial charge in [0.2, 0.25) is 0 Å². The van der Waals surface area contributed by atoms with Crippen molar-refractivity contribution in [2.24, 2.45) is 5.73 Å². The number of esters is 1. The van der Waals surface area contributed by atoms with Crippen molar-refractivity contribution in [3.05, 3.63) is 29.3 Å². The van der Waals surface area contributed by atoms with Gasteiger partial charge in [-0.3, -0.25) is 9.59 Å². The van der Waals surface area contributed by atoms with E-state index in [-0.39, 0.29) is 13.0 Å². The highest BCUT2D eigenvalue weighted by molar-refractivity contribution is 7.18. The Bertz CT molecular complexity index is 546. The van der Waals surface area contributed by atoms with Crippen LogP contribution >= 0.6 is 11.3 Å². The number of hydrogen-bond acceptors (Lipinski definition) is 5. The lowest BCUT2D eigenvalue weighted by molar-refractivity contribution is -0.147. The molecule has 0 spiro atoms. The molecule has 0 saturated carbocycles. The van der Waals surface area contributed by atoms with Crippen LogP contribution in [-0.4, -0.2) is 23.5 Å². The van der Waals surface area contributed by atoms with E-state index in [0.29, 0.717) is 6.42 Å². The number of fused-ring (bicyclic) bond motifs is 1. The number of aromatic nitrogens is 1. The molecule has 0 saturated heterocycles. The van der Waals surface area contributed by atoms with Crippen molar-refractivity contribution in [3.63, 3.8) is 0 Å². The van der Waals surface area contributed by atoms with Gasteiger partial charge in [-0.2, -0.15) is 0 Å². The van der Waals surface area contributed by atoms with Crippen LogP contribution in [0.4, 0.5) is 0 Å². The summed E-state index contributed by atoms with van der Waals surface area (Å²) in [5, 5.41) is 0.882. The Morgan fingerprint density at radius 3 is 2.83 bits per heavy atom. The van der Waals surface area contributed by atoms with Crippen LogP contribution < -0.4 is 5.73 Å². The Hall–Kier alpha value is -1.95. The predicted octanol–water partition coefficient (Wildman–Crippen LogP) is 1.26.